The molecular weight excluding hydrogens is 306 g/mol. The summed E-state index contributed by atoms with van der Waals surface area (Å²) in [5.41, 5.74) is 1.58. The van der Waals surface area contributed by atoms with Gasteiger partial charge in [0.15, 0.2) is 17.3 Å². The predicted molar refractivity (Wildman–Crippen MR) is 89.0 cm³/mol. The molecule has 4 rings (SSSR count). The van der Waals surface area contributed by atoms with Gasteiger partial charge in [-0.05, 0) is 54.5 Å². The van der Waals surface area contributed by atoms with E-state index in [2.05, 4.69) is 47.7 Å². The molecular formula is C15H19N9. The molecule has 0 aliphatic carbocycles. The number of piperidine rings is 1. The summed E-state index contributed by atoms with van der Waals surface area (Å²) in [6.07, 6.45) is 2.22. The lowest BCUT2D eigenvalue weighted by molar-refractivity contribution is 0.480. The summed E-state index contributed by atoms with van der Waals surface area (Å²) in [7, 11) is 2.06. The van der Waals surface area contributed by atoms with E-state index in [1.54, 1.807) is 0 Å². The summed E-state index contributed by atoms with van der Waals surface area (Å²) in [6.45, 7) is 3.84. The van der Waals surface area contributed by atoms with Crippen LogP contribution in [0.15, 0.2) is 24.3 Å². The molecule has 0 bridgehead atoms. The molecule has 1 atom stereocenters. The van der Waals surface area contributed by atoms with Crippen LogP contribution in [-0.4, -0.2) is 61.6 Å². The van der Waals surface area contributed by atoms with Gasteiger partial charge in [0.1, 0.15) is 0 Å². The first-order valence-corrected chi connectivity index (χ1v) is 8.04. The van der Waals surface area contributed by atoms with Crippen molar-refractivity contribution < 1.29 is 0 Å². The van der Waals surface area contributed by atoms with E-state index in [1.165, 1.54) is 4.63 Å². The molecule has 0 aromatic carbocycles. The van der Waals surface area contributed by atoms with Gasteiger partial charge in [-0.3, -0.25) is 0 Å². The van der Waals surface area contributed by atoms with Crippen molar-refractivity contribution in [2.24, 2.45) is 0 Å². The molecule has 0 N–H and O–H groups in total. The van der Waals surface area contributed by atoms with Crippen LogP contribution in [0.2, 0.25) is 0 Å². The zero-order valence-corrected chi connectivity index (χ0v) is 13.7. The summed E-state index contributed by atoms with van der Waals surface area (Å²) < 4.78 is 1.46. The molecule has 1 aliphatic heterocycles. The van der Waals surface area contributed by atoms with Gasteiger partial charge in [0, 0.05) is 26.2 Å². The maximum absolute atomic E-state index is 4.48. The fourth-order valence-corrected chi connectivity index (χ4v) is 3.05. The Bertz CT molecular complexity index is 828. The van der Waals surface area contributed by atoms with Gasteiger partial charge < -0.3 is 9.80 Å². The van der Waals surface area contributed by atoms with Crippen LogP contribution in [0.25, 0.3) is 5.65 Å². The molecule has 4 heterocycles. The molecule has 24 heavy (non-hydrogen) atoms. The number of nitrogens with zero attached hydrogens (tertiary/aromatic N) is 9. The largest absolute Gasteiger partial charge is 0.353 e. The Morgan fingerprint density at radius 3 is 2.88 bits per heavy atom. The van der Waals surface area contributed by atoms with Crippen LogP contribution >= 0.6 is 0 Å². The van der Waals surface area contributed by atoms with E-state index in [-0.39, 0.29) is 0 Å². The molecule has 9 nitrogen and oxygen atoms in total. The Labute approximate surface area is 139 Å². The number of fused-ring (bicyclic) bond motifs is 1. The Hall–Kier alpha value is -2.84. The topological polar surface area (TPSA) is 88.2 Å². The lowest BCUT2D eigenvalue weighted by atomic mass is 10.0. The van der Waals surface area contributed by atoms with Gasteiger partial charge >= 0.3 is 0 Å². The third kappa shape index (κ3) is 2.72. The molecule has 0 amide bonds. The molecule has 9 heteroatoms. The van der Waals surface area contributed by atoms with Crippen molar-refractivity contribution in [1.82, 2.24) is 35.5 Å². The van der Waals surface area contributed by atoms with Crippen molar-refractivity contribution in [2.75, 3.05) is 29.9 Å². The van der Waals surface area contributed by atoms with Crippen molar-refractivity contribution in [3.05, 3.63) is 30.0 Å². The van der Waals surface area contributed by atoms with Crippen LogP contribution in [0.5, 0.6) is 0 Å². The van der Waals surface area contributed by atoms with Crippen molar-refractivity contribution in [3.8, 4) is 0 Å². The summed E-state index contributed by atoms with van der Waals surface area (Å²) in [6, 6.07) is 8.23. The highest BCUT2D eigenvalue weighted by atomic mass is 15.6. The molecule has 3 aromatic heterocycles. The minimum atomic E-state index is 0.350. The average molecular weight is 325 g/mol. The first-order chi connectivity index (χ1) is 11.7. The van der Waals surface area contributed by atoms with Gasteiger partial charge in [-0.1, -0.05) is 0 Å². The number of anilines is 2. The van der Waals surface area contributed by atoms with Crippen molar-refractivity contribution >= 4 is 17.3 Å². The second-order valence-corrected chi connectivity index (χ2v) is 6.10. The minimum absolute atomic E-state index is 0.350. The lowest BCUT2D eigenvalue weighted by Crippen LogP contribution is -2.47. The summed E-state index contributed by atoms with van der Waals surface area (Å²) >= 11 is 0. The SMILES string of the molecule is Cc1ccc(N2CCC[C@@H](N(C)c3ccc4nnnn4n3)C2)nn1. The van der Waals surface area contributed by atoms with Gasteiger partial charge in [0.2, 0.25) is 0 Å². The zero-order valence-electron chi connectivity index (χ0n) is 13.7. The van der Waals surface area contributed by atoms with Crippen LogP contribution < -0.4 is 9.80 Å². The molecule has 1 saturated heterocycles. The number of tetrazole rings is 1. The summed E-state index contributed by atoms with van der Waals surface area (Å²) in [5.74, 6) is 1.79. The van der Waals surface area contributed by atoms with Crippen LogP contribution in [0.1, 0.15) is 18.5 Å². The first-order valence-electron chi connectivity index (χ1n) is 8.04. The Balaban J connectivity index is 1.53. The van der Waals surface area contributed by atoms with Crippen molar-refractivity contribution in [1.29, 1.82) is 0 Å². The average Bonchev–Trinajstić information content (AvgIpc) is 3.09. The monoisotopic (exact) mass is 325 g/mol. The van der Waals surface area contributed by atoms with E-state index in [4.69, 9.17) is 0 Å². The van der Waals surface area contributed by atoms with Gasteiger partial charge in [0.05, 0.1) is 5.69 Å². The number of aromatic nitrogens is 7. The highest BCUT2D eigenvalue weighted by Gasteiger charge is 2.25. The van der Waals surface area contributed by atoms with E-state index < -0.39 is 0 Å². The maximum Gasteiger partial charge on any atom is 0.200 e. The molecule has 1 aliphatic rings. The molecule has 3 aromatic rings. The van der Waals surface area contributed by atoms with Crippen LogP contribution in [0, 0.1) is 6.92 Å². The normalized spacial score (nSPS) is 18.1. The molecule has 0 saturated carbocycles. The predicted octanol–water partition coefficient (Wildman–Crippen LogP) is 0.723. The maximum atomic E-state index is 4.48. The standard InChI is InChI=1S/C15H19N9/c1-11-5-6-13(17-16-11)23-9-3-4-12(10-23)22(2)15-8-7-14-18-20-21-24(14)19-15/h5-8,12H,3-4,9-10H2,1-2H3/t12-/m1/s1. The van der Waals surface area contributed by atoms with E-state index in [0.717, 1.165) is 43.3 Å². The Morgan fingerprint density at radius 1 is 1.12 bits per heavy atom. The zero-order chi connectivity index (χ0) is 16.5. The quantitative estimate of drug-likeness (QED) is 0.696. The van der Waals surface area contributed by atoms with Gasteiger partial charge in [-0.2, -0.15) is 5.10 Å². The van der Waals surface area contributed by atoms with E-state index in [0.29, 0.717) is 11.7 Å². The van der Waals surface area contributed by atoms with Gasteiger partial charge in [-0.25, -0.2) is 0 Å². The fraction of sp³-hybridized carbons (Fsp3) is 0.467. The van der Waals surface area contributed by atoms with E-state index >= 15 is 0 Å². The van der Waals surface area contributed by atoms with Crippen LogP contribution in [-0.2, 0) is 0 Å². The fourth-order valence-electron chi connectivity index (χ4n) is 3.05. The number of rotatable bonds is 3. The third-order valence-electron chi connectivity index (χ3n) is 4.47. The van der Waals surface area contributed by atoms with Crippen molar-refractivity contribution in [3.63, 3.8) is 0 Å². The summed E-state index contributed by atoms with van der Waals surface area (Å²) in [5, 5.41) is 24.3. The van der Waals surface area contributed by atoms with E-state index in [1.807, 2.05) is 31.2 Å². The Kier molecular flexibility index (Phi) is 3.68. The second kappa shape index (κ2) is 5.99. The van der Waals surface area contributed by atoms with E-state index in [9.17, 15) is 0 Å². The van der Waals surface area contributed by atoms with Gasteiger partial charge in [-0.15, -0.1) is 19.9 Å². The number of likely N-dealkylation sites (N-methyl/N-ethyl adjacent to an activating group) is 1. The van der Waals surface area contributed by atoms with Crippen molar-refractivity contribution in [2.45, 2.75) is 25.8 Å². The lowest BCUT2D eigenvalue weighted by Gasteiger charge is -2.38. The van der Waals surface area contributed by atoms with Gasteiger partial charge in [0.25, 0.3) is 0 Å². The number of hydrogen-bond acceptors (Lipinski definition) is 8. The number of aryl methyl sites for hydroxylation is 1. The number of hydrogen-bond donors (Lipinski definition) is 0. The third-order valence-corrected chi connectivity index (χ3v) is 4.47. The molecule has 0 radical (unpaired) electrons. The van der Waals surface area contributed by atoms with Crippen LogP contribution in [0.4, 0.5) is 11.6 Å². The molecule has 0 spiro atoms. The summed E-state index contributed by atoms with van der Waals surface area (Å²) in [4.78, 5) is 4.47. The second-order valence-electron chi connectivity index (χ2n) is 6.10. The molecule has 1 fully saturated rings. The smallest absolute Gasteiger partial charge is 0.200 e. The first kappa shape index (κ1) is 14.7. The minimum Gasteiger partial charge on any atom is -0.353 e. The molecule has 0 unspecified atom stereocenters. The highest BCUT2D eigenvalue weighted by Crippen LogP contribution is 2.22. The van der Waals surface area contributed by atoms with Crippen LogP contribution in [0.3, 0.4) is 0 Å². The molecule has 124 valence electrons. The Morgan fingerprint density at radius 2 is 2.04 bits per heavy atom. The highest BCUT2D eigenvalue weighted by molar-refractivity contribution is 5.46.